The third kappa shape index (κ3) is 1.07. The molecule has 2 aliphatic rings. The molecule has 0 heterocycles. The van der Waals surface area contributed by atoms with Gasteiger partial charge in [0.05, 0.1) is 0 Å². The predicted octanol–water partition coefficient (Wildman–Crippen LogP) is 1.77. The van der Waals surface area contributed by atoms with Crippen molar-refractivity contribution in [2.24, 2.45) is 23.5 Å². The highest BCUT2D eigenvalue weighted by atomic mass is 14.6. The van der Waals surface area contributed by atoms with Gasteiger partial charge < -0.3 is 5.73 Å². The van der Waals surface area contributed by atoms with Crippen LogP contribution in [-0.2, 0) is 0 Å². The van der Waals surface area contributed by atoms with Gasteiger partial charge in [-0.3, -0.25) is 0 Å². The topological polar surface area (TPSA) is 26.0 Å². The summed E-state index contributed by atoms with van der Waals surface area (Å²) in [6, 6.07) is 0.446. The minimum Gasteiger partial charge on any atom is -0.328 e. The molecule has 0 amide bonds. The summed E-state index contributed by atoms with van der Waals surface area (Å²) in [4.78, 5) is 0. The van der Waals surface area contributed by atoms with Gasteiger partial charge in [-0.2, -0.15) is 0 Å². The summed E-state index contributed by atoms with van der Waals surface area (Å²) in [5.41, 5.74) is 5.85. The second kappa shape index (κ2) is 2.23. The Hall–Kier alpha value is -0.0400. The maximum absolute atomic E-state index is 5.85. The van der Waals surface area contributed by atoms with E-state index in [1.807, 2.05) is 0 Å². The van der Waals surface area contributed by atoms with Crippen LogP contribution >= 0.6 is 0 Å². The Labute approximate surface area is 63.0 Å². The molecular formula is C9H17N. The summed E-state index contributed by atoms with van der Waals surface area (Å²) in [5, 5.41) is 0. The molecule has 0 aromatic heterocycles. The second-order valence-electron chi connectivity index (χ2n) is 4.19. The Morgan fingerprint density at radius 2 is 2.00 bits per heavy atom. The Bertz CT molecular complexity index is 131. The van der Waals surface area contributed by atoms with E-state index in [0.717, 1.165) is 17.8 Å². The quantitative estimate of drug-likeness (QED) is 0.588. The van der Waals surface area contributed by atoms with Crippen molar-refractivity contribution in [3.63, 3.8) is 0 Å². The van der Waals surface area contributed by atoms with E-state index < -0.39 is 0 Å². The lowest BCUT2D eigenvalue weighted by Crippen LogP contribution is -2.28. The van der Waals surface area contributed by atoms with E-state index in [9.17, 15) is 0 Å². The van der Waals surface area contributed by atoms with Crippen molar-refractivity contribution < 1.29 is 0 Å². The van der Waals surface area contributed by atoms with E-state index in [2.05, 4.69) is 6.92 Å². The molecule has 2 N–H and O–H groups in total. The van der Waals surface area contributed by atoms with E-state index in [1.54, 1.807) is 0 Å². The zero-order chi connectivity index (χ0) is 7.14. The van der Waals surface area contributed by atoms with E-state index in [0.29, 0.717) is 6.04 Å². The molecule has 2 saturated carbocycles. The van der Waals surface area contributed by atoms with Gasteiger partial charge in [0.2, 0.25) is 0 Å². The van der Waals surface area contributed by atoms with Crippen LogP contribution in [0.3, 0.4) is 0 Å². The molecule has 0 saturated heterocycles. The van der Waals surface area contributed by atoms with Crippen molar-refractivity contribution in [2.75, 3.05) is 0 Å². The van der Waals surface area contributed by atoms with Gasteiger partial charge in [0, 0.05) is 6.04 Å². The SMILES string of the molecule is CC(N)C1CCC2CC2C1. The van der Waals surface area contributed by atoms with Gasteiger partial charge in [0.25, 0.3) is 0 Å². The molecule has 1 heteroatoms. The minimum absolute atomic E-state index is 0.446. The Kier molecular flexibility index (Phi) is 1.48. The minimum atomic E-state index is 0.446. The number of hydrogen-bond acceptors (Lipinski definition) is 1. The highest BCUT2D eigenvalue weighted by Crippen LogP contribution is 2.51. The van der Waals surface area contributed by atoms with Gasteiger partial charge in [0.15, 0.2) is 0 Å². The van der Waals surface area contributed by atoms with Crippen LogP contribution in [0.25, 0.3) is 0 Å². The summed E-state index contributed by atoms with van der Waals surface area (Å²) in [6.07, 6.45) is 5.82. The molecule has 0 aromatic carbocycles. The maximum Gasteiger partial charge on any atom is 0.00388 e. The van der Waals surface area contributed by atoms with Gasteiger partial charge in [-0.1, -0.05) is 0 Å². The van der Waals surface area contributed by atoms with Gasteiger partial charge in [-0.25, -0.2) is 0 Å². The Morgan fingerprint density at radius 1 is 1.20 bits per heavy atom. The highest BCUT2D eigenvalue weighted by Gasteiger charge is 2.42. The first-order valence-electron chi connectivity index (χ1n) is 4.53. The van der Waals surface area contributed by atoms with Crippen molar-refractivity contribution in [3.8, 4) is 0 Å². The molecule has 0 radical (unpaired) electrons. The third-order valence-electron chi connectivity index (χ3n) is 3.33. The van der Waals surface area contributed by atoms with Crippen LogP contribution in [0.2, 0.25) is 0 Å². The molecule has 58 valence electrons. The van der Waals surface area contributed by atoms with Crippen LogP contribution in [0.5, 0.6) is 0 Å². The number of fused-ring (bicyclic) bond motifs is 1. The molecule has 2 fully saturated rings. The van der Waals surface area contributed by atoms with E-state index in [-0.39, 0.29) is 0 Å². The van der Waals surface area contributed by atoms with Gasteiger partial charge in [-0.05, 0) is 50.4 Å². The largest absolute Gasteiger partial charge is 0.328 e. The van der Waals surface area contributed by atoms with Gasteiger partial charge in [-0.15, -0.1) is 0 Å². The van der Waals surface area contributed by atoms with Gasteiger partial charge in [0.1, 0.15) is 0 Å². The van der Waals surface area contributed by atoms with Crippen LogP contribution < -0.4 is 5.73 Å². The third-order valence-corrected chi connectivity index (χ3v) is 3.33. The van der Waals surface area contributed by atoms with Crippen molar-refractivity contribution in [3.05, 3.63) is 0 Å². The maximum atomic E-state index is 5.85. The van der Waals surface area contributed by atoms with E-state index in [4.69, 9.17) is 5.73 Å². The average molecular weight is 139 g/mol. The normalized spacial score (nSPS) is 48.0. The van der Waals surface area contributed by atoms with Gasteiger partial charge >= 0.3 is 0 Å². The Balaban J connectivity index is 1.88. The molecule has 2 aliphatic carbocycles. The lowest BCUT2D eigenvalue weighted by molar-refractivity contribution is 0.304. The fourth-order valence-corrected chi connectivity index (χ4v) is 2.36. The predicted molar refractivity (Wildman–Crippen MR) is 42.6 cm³/mol. The molecule has 4 unspecified atom stereocenters. The molecule has 0 bridgehead atoms. The lowest BCUT2D eigenvalue weighted by atomic mass is 9.85. The molecule has 10 heavy (non-hydrogen) atoms. The van der Waals surface area contributed by atoms with Crippen LogP contribution in [0.4, 0.5) is 0 Å². The van der Waals surface area contributed by atoms with Crippen molar-refractivity contribution in [1.29, 1.82) is 0 Å². The molecule has 4 atom stereocenters. The summed E-state index contributed by atoms with van der Waals surface area (Å²) >= 11 is 0. The standard InChI is InChI=1S/C9H17N/c1-6(10)7-2-3-8-5-9(8)4-7/h6-9H,2-5,10H2,1H3. The first-order chi connectivity index (χ1) is 4.77. The van der Waals surface area contributed by atoms with Crippen molar-refractivity contribution >= 4 is 0 Å². The van der Waals surface area contributed by atoms with Crippen LogP contribution in [0.15, 0.2) is 0 Å². The highest BCUT2D eigenvalue weighted by molar-refractivity contribution is 4.93. The molecule has 0 aliphatic heterocycles. The number of hydrogen-bond donors (Lipinski definition) is 1. The molecule has 1 nitrogen and oxygen atoms in total. The molecular weight excluding hydrogens is 122 g/mol. The molecule has 0 spiro atoms. The van der Waals surface area contributed by atoms with Crippen LogP contribution in [-0.4, -0.2) is 6.04 Å². The fourth-order valence-electron chi connectivity index (χ4n) is 2.36. The first-order valence-corrected chi connectivity index (χ1v) is 4.53. The van der Waals surface area contributed by atoms with Crippen molar-refractivity contribution in [2.45, 2.75) is 38.6 Å². The van der Waals surface area contributed by atoms with Crippen LogP contribution in [0.1, 0.15) is 32.6 Å². The summed E-state index contributed by atoms with van der Waals surface area (Å²) in [5.74, 6) is 3.06. The summed E-state index contributed by atoms with van der Waals surface area (Å²) < 4.78 is 0. The fraction of sp³-hybridized carbons (Fsp3) is 1.00. The Morgan fingerprint density at radius 3 is 2.60 bits per heavy atom. The summed E-state index contributed by atoms with van der Waals surface area (Å²) in [7, 11) is 0. The second-order valence-corrected chi connectivity index (χ2v) is 4.19. The van der Waals surface area contributed by atoms with E-state index in [1.165, 1.54) is 25.7 Å². The molecule has 2 rings (SSSR count). The smallest absolute Gasteiger partial charge is 0.00388 e. The van der Waals surface area contributed by atoms with Crippen LogP contribution in [0, 0.1) is 17.8 Å². The zero-order valence-corrected chi connectivity index (χ0v) is 6.72. The molecule has 0 aromatic rings. The first kappa shape index (κ1) is 6.66. The van der Waals surface area contributed by atoms with E-state index >= 15 is 0 Å². The van der Waals surface area contributed by atoms with Crippen molar-refractivity contribution in [1.82, 2.24) is 0 Å². The average Bonchev–Trinajstić information content (AvgIpc) is 2.63. The summed E-state index contributed by atoms with van der Waals surface area (Å²) in [6.45, 7) is 2.16. The lowest BCUT2D eigenvalue weighted by Gasteiger charge is -2.24. The monoisotopic (exact) mass is 139 g/mol. The number of nitrogens with two attached hydrogens (primary N) is 1. The number of rotatable bonds is 1. The zero-order valence-electron chi connectivity index (χ0n) is 6.72.